The van der Waals surface area contributed by atoms with Crippen LogP contribution < -0.4 is 5.32 Å². The fraction of sp³-hybridized carbons (Fsp3) is 0.600. The van der Waals surface area contributed by atoms with Crippen molar-refractivity contribution >= 4 is 12.2 Å². The number of halogens is 2. The van der Waals surface area contributed by atoms with Crippen LogP contribution in [0, 0.1) is 5.92 Å². The van der Waals surface area contributed by atoms with Gasteiger partial charge in [-0.1, -0.05) is 30.3 Å². The molecule has 2 atom stereocenters. The monoisotopic (exact) mass is 396 g/mol. The van der Waals surface area contributed by atoms with E-state index in [0.717, 1.165) is 5.56 Å². The highest BCUT2D eigenvalue weighted by Crippen LogP contribution is 2.51. The van der Waals surface area contributed by atoms with Gasteiger partial charge in [0.2, 0.25) is 0 Å². The van der Waals surface area contributed by atoms with E-state index in [-0.39, 0.29) is 32.5 Å². The Hall–Kier alpha value is -2.38. The molecule has 2 amide bonds. The number of nitrogens with zero attached hydrogens (tertiary/aromatic N) is 1. The molecule has 3 rings (SSSR count). The predicted molar refractivity (Wildman–Crippen MR) is 98.0 cm³/mol. The lowest BCUT2D eigenvalue weighted by Crippen LogP contribution is -2.69. The van der Waals surface area contributed by atoms with Crippen molar-refractivity contribution in [2.45, 2.75) is 57.3 Å². The fourth-order valence-corrected chi connectivity index (χ4v) is 3.81. The van der Waals surface area contributed by atoms with E-state index in [2.05, 4.69) is 5.32 Å². The summed E-state index contributed by atoms with van der Waals surface area (Å²) in [7, 11) is 0. The second kappa shape index (κ2) is 7.22. The van der Waals surface area contributed by atoms with Gasteiger partial charge in [-0.15, -0.1) is 0 Å². The molecule has 8 heteroatoms. The topological polar surface area (TPSA) is 67.9 Å². The number of benzene rings is 1. The summed E-state index contributed by atoms with van der Waals surface area (Å²) in [4.78, 5) is 25.9. The van der Waals surface area contributed by atoms with E-state index in [1.807, 2.05) is 6.07 Å². The summed E-state index contributed by atoms with van der Waals surface area (Å²) in [6.45, 7) is 4.72. The maximum atomic E-state index is 15.0. The Labute approximate surface area is 163 Å². The van der Waals surface area contributed by atoms with Crippen LogP contribution in [0.5, 0.6) is 0 Å². The van der Waals surface area contributed by atoms with Crippen LogP contribution in [0.1, 0.15) is 39.2 Å². The molecule has 1 saturated heterocycles. The van der Waals surface area contributed by atoms with Crippen LogP contribution >= 0.6 is 0 Å². The van der Waals surface area contributed by atoms with Crippen LogP contribution in [0.3, 0.4) is 0 Å². The van der Waals surface area contributed by atoms with Gasteiger partial charge in [0, 0.05) is 12.5 Å². The minimum atomic E-state index is -3.13. The van der Waals surface area contributed by atoms with Crippen molar-refractivity contribution in [2.75, 3.05) is 13.1 Å². The number of amides is 2. The minimum Gasteiger partial charge on any atom is -0.445 e. The molecule has 28 heavy (non-hydrogen) atoms. The normalized spacial score (nSPS) is 25.9. The Bertz CT molecular complexity index is 735. The molecule has 0 spiro atoms. The number of carbonyl (C=O) groups excluding carboxylic acids is 2. The van der Waals surface area contributed by atoms with Gasteiger partial charge in [0.05, 0.1) is 6.54 Å². The largest absolute Gasteiger partial charge is 0.445 e. The van der Waals surface area contributed by atoms with E-state index >= 15 is 0 Å². The van der Waals surface area contributed by atoms with Crippen molar-refractivity contribution < 1.29 is 27.8 Å². The summed E-state index contributed by atoms with van der Waals surface area (Å²) in [5.41, 5.74) is -1.82. The molecular weight excluding hydrogens is 370 g/mol. The number of alkyl halides is 2. The third-order valence-electron chi connectivity index (χ3n) is 5.18. The van der Waals surface area contributed by atoms with Crippen molar-refractivity contribution in [1.82, 2.24) is 10.2 Å². The predicted octanol–water partition coefficient (Wildman–Crippen LogP) is 3.95. The molecule has 1 aliphatic heterocycles. The van der Waals surface area contributed by atoms with Gasteiger partial charge in [0.1, 0.15) is 17.7 Å². The van der Waals surface area contributed by atoms with E-state index < -0.39 is 35.2 Å². The number of rotatable bonds is 3. The van der Waals surface area contributed by atoms with Crippen molar-refractivity contribution in [3.05, 3.63) is 35.9 Å². The molecule has 2 aliphatic rings. The van der Waals surface area contributed by atoms with Crippen LogP contribution in [0.4, 0.5) is 18.4 Å². The Morgan fingerprint density at radius 3 is 2.57 bits per heavy atom. The molecule has 2 bridgehead atoms. The van der Waals surface area contributed by atoms with Gasteiger partial charge in [0.15, 0.2) is 0 Å². The number of hydrogen-bond acceptors (Lipinski definition) is 4. The first kappa shape index (κ1) is 20.4. The van der Waals surface area contributed by atoms with Gasteiger partial charge < -0.3 is 19.7 Å². The van der Waals surface area contributed by atoms with E-state index in [0.29, 0.717) is 0 Å². The summed E-state index contributed by atoms with van der Waals surface area (Å²) in [6.07, 6.45) is -1.29. The number of ether oxygens (including phenoxy) is 2. The standard InChI is InChI=1S/C20H26F2N2O4/c1-18(2,3)28-17(26)24-11-15-9-10-19(13-24,20(15,21)22)23-16(25)27-12-14-7-5-4-6-8-14/h4-8,15H,9-13H2,1-3H3,(H,23,25). The molecule has 6 nitrogen and oxygen atoms in total. The molecule has 2 fully saturated rings. The molecule has 1 aliphatic carbocycles. The second-order valence-corrected chi connectivity index (χ2v) is 8.49. The number of alkyl carbamates (subject to hydrolysis) is 1. The smallest absolute Gasteiger partial charge is 0.410 e. The van der Waals surface area contributed by atoms with E-state index in [1.165, 1.54) is 4.90 Å². The number of nitrogens with one attached hydrogen (secondary N) is 1. The average molecular weight is 396 g/mol. The van der Waals surface area contributed by atoms with Crippen LogP contribution in [-0.4, -0.2) is 47.2 Å². The molecule has 1 N–H and O–H groups in total. The molecule has 1 aromatic rings. The quantitative estimate of drug-likeness (QED) is 0.840. The molecule has 1 aromatic carbocycles. The second-order valence-electron chi connectivity index (χ2n) is 8.49. The van der Waals surface area contributed by atoms with Gasteiger partial charge >= 0.3 is 12.2 Å². The Kier molecular flexibility index (Phi) is 5.25. The third kappa shape index (κ3) is 4.05. The Morgan fingerprint density at radius 2 is 1.93 bits per heavy atom. The van der Waals surface area contributed by atoms with E-state index in [1.54, 1.807) is 45.0 Å². The number of fused-ring (bicyclic) bond motifs is 2. The summed E-state index contributed by atoms with van der Waals surface area (Å²) < 4.78 is 40.4. The number of hydrogen-bond donors (Lipinski definition) is 1. The molecule has 154 valence electrons. The first-order chi connectivity index (χ1) is 13.0. The van der Waals surface area contributed by atoms with E-state index in [4.69, 9.17) is 9.47 Å². The van der Waals surface area contributed by atoms with Crippen molar-refractivity contribution in [1.29, 1.82) is 0 Å². The summed E-state index contributed by atoms with van der Waals surface area (Å²) in [6, 6.07) is 8.97. The molecular formula is C20H26F2N2O4. The van der Waals surface area contributed by atoms with Gasteiger partial charge in [-0.05, 0) is 39.2 Å². The maximum absolute atomic E-state index is 15.0. The first-order valence-corrected chi connectivity index (χ1v) is 9.37. The van der Waals surface area contributed by atoms with Crippen LogP contribution in [0.15, 0.2) is 30.3 Å². The van der Waals surface area contributed by atoms with Crippen molar-refractivity contribution in [3.63, 3.8) is 0 Å². The van der Waals surface area contributed by atoms with Crippen LogP contribution in [-0.2, 0) is 16.1 Å². The molecule has 2 unspecified atom stereocenters. The highest BCUT2D eigenvalue weighted by molar-refractivity contribution is 5.71. The molecule has 1 saturated carbocycles. The SMILES string of the molecule is CC(C)(C)OC(=O)N1CC2CCC(NC(=O)OCc3ccccc3)(C1)C2(F)F. The van der Waals surface area contributed by atoms with Crippen molar-refractivity contribution in [2.24, 2.45) is 5.92 Å². The lowest BCUT2D eigenvalue weighted by molar-refractivity contribution is -0.138. The summed E-state index contributed by atoms with van der Waals surface area (Å²) in [5, 5.41) is 2.37. The number of likely N-dealkylation sites (tertiary alicyclic amines) is 1. The zero-order valence-corrected chi connectivity index (χ0v) is 16.3. The lowest BCUT2D eigenvalue weighted by Gasteiger charge is -2.45. The lowest BCUT2D eigenvalue weighted by atomic mass is 9.86. The third-order valence-corrected chi connectivity index (χ3v) is 5.18. The summed E-state index contributed by atoms with van der Waals surface area (Å²) >= 11 is 0. The Morgan fingerprint density at radius 1 is 1.25 bits per heavy atom. The van der Waals surface area contributed by atoms with Gasteiger partial charge in [-0.3, -0.25) is 0 Å². The Balaban J connectivity index is 1.69. The van der Waals surface area contributed by atoms with Gasteiger partial charge in [0.25, 0.3) is 5.92 Å². The van der Waals surface area contributed by atoms with Crippen LogP contribution in [0.2, 0.25) is 0 Å². The summed E-state index contributed by atoms with van der Waals surface area (Å²) in [5.74, 6) is -4.15. The fourth-order valence-electron chi connectivity index (χ4n) is 3.81. The molecule has 0 radical (unpaired) electrons. The van der Waals surface area contributed by atoms with Gasteiger partial charge in [-0.2, -0.15) is 0 Å². The van der Waals surface area contributed by atoms with Gasteiger partial charge in [-0.25, -0.2) is 18.4 Å². The zero-order chi connectivity index (χ0) is 20.6. The van der Waals surface area contributed by atoms with Crippen molar-refractivity contribution in [3.8, 4) is 0 Å². The molecule has 0 aromatic heterocycles. The minimum absolute atomic E-state index is 0.0203. The first-order valence-electron chi connectivity index (χ1n) is 9.37. The zero-order valence-electron chi connectivity index (χ0n) is 16.3. The average Bonchev–Trinajstić information content (AvgIpc) is 2.75. The van der Waals surface area contributed by atoms with Crippen LogP contribution in [0.25, 0.3) is 0 Å². The maximum Gasteiger partial charge on any atom is 0.410 e. The highest BCUT2D eigenvalue weighted by atomic mass is 19.3. The molecule has 1 heterocycles. The number of carbonyl (C=O) groups is 2. The number of piperidine rings is 1. The van der Waals surface area contributed by atoms with E-state index in [9.17, 15) is 18.4 Å². The highest BCUT2D eigenvalue weighted by Gasteiger charge is 2.67.